The fraction of sp³-hybridized carbons (Fsp3) is 0.400. The molecule has 0 atom stereocenters. The third-order valence-electron chi connectivity index (χ3n) is 2.80. The number of hydrogen-bond donors (Lipinski definition) is 1. The van der Waals surface area contributed by atoms with Crippen molar-refractivity contribution in [2.45, 2.75) is 12.8 Å². The molecule has 1 aliphatic heterocycles. The van der Waals surface area contributed by atoms with Gasteiger partial charge < -0.3 is 10.6 Å². The molecule has 3 rings (SSSR count). The summed E-state index contributed by atoms with van der Waals surface area (Å²) < 4.78 is 1.65. The summed E-state index contributed by atoms with van der Waals surface area (Å²) in [6, 6.07) is 3.77. The van der Waals surface area contributed by atoms with E-state index in [-0.39, 0.29) is 0 Å². The van der Waals surface area contributed by atoms with E-state index in [1.54, 1.807) is 10.7 Å². The Morgan fingerprint density at radius 1 is 1.27 bits per heavy atom. The van der Waals surface area contributed by atoms with Gasteiger partial charge in [-0.05, 0) is 12.8 Å². The van der Waals surface area contributed by atoms with E-state index >= 15 is 0 Å². The SMILES string of the molecule is Nc1cc(N2CCCC2)nc2ccnn12. The van der Waals surface area contributed by atoms with Crippen LogP contribution in [-0.2, 0) is 0 Å². The zero-order valence-corrected chi connectivity index (χ0v) is 8.43. The van der Waals surface area contributed by atoms with Crippen LogP contribution >= 0.6 is 0 Å². The van der Waals surface area contributed by atoms with E-state index in [9.17, 15) is 0 Å². The van der Waals surface area contributed by atoms with E-state index in [1.807, 2.05) is 12.1 Å². The number of anilines is 2. The zero-order valence-electron chi connectivity index (χ0n) is 8.43. The molecule has 0 spiro atoms. The lowest BCUT2D eigenvalue weighted by molar-refractivity contribution is 0.906. The fourth-order valence-electron chi connectivity index (χ4n) is 2.03. The first-order valence-electron chi connectivity index (χ1n) is 5.20. The summed E-state index contributed by atoms with van der Waals surface area (Å²) in [7, 11) is 0. The molecule has 0 amide bonds. The molecule has 2 aromatic heterocycles. The quantitative estimate of drug-likeness (QED) is 0.748. The Balaban J connectivity index is 2.11. The molecule has 15 heavy (non-hydrogen) atoms. The Morgan fingerprint density at radius 3 is 2.87 bits per heavy atom. The molecule has 5 nitrogen and oxygen atoms in total. The second kappa shape index (κ2) is 3.12. The Labute approximate surface area is 87.5 Å². The number of nitrogens with two attached hydrogens (primary N) is 1. The number of nitrogen functional groups attached to an aromatic ring is 1. The van der Waals surface area contributed by atoms with Crippen LogP contribution in [-0.4, -0.2) is 27.7 Å². The molecule has 0 saturated carbocycles. The van der Waals surface area contributed by atoms with Crippen LogP contribution in [0.25, 0.3) is 5.65 Å². The Morgan fingerprint density at radius 2 is 2.07 bits per heavy atom. The van der Waals surface area contributed by atoms with Gasteiger partial charge in [-0.15, -0.1) is 0 Å². The molecule has 0 bridgehead atoms. The summed E-state index contributed by atoms with van der Waals surface area (Å²) in [4.78, 5) is 6.79. The minimum absolute atomic E-state index is 0.645. The molecule has 2 aromatic rings. The highest BCUT2D eigenvalue weighted by Crippen LogP contribution is 2.20. The molecule has 1 aliphatic rings. The van der Waals surface area contributed by atoms with Gasteiger partial charge in [0, 0.05) is 25.2 Å². The van der Waals surface area contributed by atoms with E-state index in [0.717, 1.165) is 24.6 Å². The van der Waals surface area contributed by atoms with Crippen molar-refractivity contribution >= 4 is 17.3 Å². The third kappa shape index (κ3) is 1.31. The summed E-state index contributed by atoms with van der Waals surface area (Å²) in [6.45, 7) is 2.16. The molecule has 5 heteroatoms. The van der Waals surface area contributed by atoms with Gasteiger partial charge >= 0.3 is 0 Å². The van der Waals surface area contributed by atoms with Crippen molar-refractivity contribution in [1.82, 2.24) is 14.6 Å². The Bertz CT molecular complexity index is 484. The van der Waals surface area contributed by atoms with Crippen LogP contribution in [0.4, 0.5) is 11.6 Å². The van der Waals surface area contributed by atoms with Crippen LogP contribution in [0.5, 0.6) is 0 Å². The molecular weight excluding hydrogens is 190 g/mol. The van der Waals surface area contributed by atoms with Crippen molar-refractivity contribution in [3.05, 3.63) is 18.3 Å². The molecule has 3 heterocycles. The average molecular weight is 203 g/mol. The first-order valence-corrected chi connectivity index (χ1v) is 5.20. The largest absolute Gasteiger partial charge is 0.383 e. The average Bonchev–Trinajstić information content (AvgIpc) is 2.88. The maximum Gasteiger partial charge on any atom is 0.159 e. The minimum Gasteiger partial charge on any atom is -0.383 e. The van der Waals surface area contributed by atoms with Crippen molar-refractivity contribution in [3.8, 4) is 0 Å². The summed E-state index contributed by atoms with van der Waals surface area (Å²) in [5.74, 6) is 1.62. The Kier molecular flexibility index (Phi) is 1.77. The molecule has 2 N–H and O–H groups in total. The van der Waals surface area contributed by atoms with Crippen LogP contribution in [0.3, 0.4) is 0 Å². The molecule has 0 aliphatic carbocycles. The first-order chi connectivity index (χ1) is 7.34. The van der Waals surface area contributed by atoms with Crippen LogP contribution in [0.2, 0.25) is 0 Å². The molecule has 1 saturated heterocycles. The van der Waals surface area contributed by atoms with Crippen LogP contribution in [0.1, 0.15) is 12.8 Å². The predicted octanol–water partition coefficient (Wildman–Crippen LogP) is 0.912. The van der Waals surface area contributed by atoms with E-state index < -0.39 is 0 Å². The highest BCUT2D eigenvalue weighted by atomic mass is 15.3. The van der Waals surface area contributed by atoms with Gasteiger partial charge in [0.1, 0.15) is 11.6 Å². The summed E-state index contributed by atoms with van der Waals surface area (Å²) >= 11 is 0. The fourth-order valence-corrected chi connectivity index (χ4v) is 2.03. The summed E-state index contributed by atoms with van der Waals surface area (Å²) in [6.07, 6.45) is 4.20. The second-order valence-corrected chi connectivity index (χ2v) is 3.83. The van der Waals surface area contributed by atoms with Gasteiger partial charge in [0.25, 0.3) is 0 Å². The Hall–Kier alpha value is -1.78. The molecule has 0 unspecified atom stereocenters. The standard InChI is InChI=1S/C10H13N5/c11-8-7-10(14-5-1-2-6-14)13-9-3-4-12-15(8)9/h3-4,7H,1-2,5-6,11H2. The maximum absolute atomic E-state index is 5.90. The number of rotatable bonds is 1. The van der Waals surface area contributed by atoms with Gasteiger partial charge in [0.2, 0.25) is 0 Å². The topological polar surface area (TPSA) is 59.5 Å². The van der Waals surface area contributed by atoms with Gasteiger partial charge in [-0.3, -0.25) is 0 Å². The number of nitrogens with zero attached hydrogens (tertiary/aromatic N) is 4. The van der Waals surface area contributed by atoms with E-state index in [0.29, 0.717) is 5.82 Å². The minimum atomic E-state index is 0.645. The van der Waals surface area contributed by atoms with Gasteiger partial charge in [-0.25, -0.2) is 4.98 Å². The monoisotopic (exact) mass is 203 g/mol. The third-order valence-corrected chi connectivity index (χ3v) is 2.80. The summed E-state index contributed by atoms with van der Waals surface area (Å²) in [5.41, 5.74) is 6.72. The van der Waals surface area contributed by atoms with E-state index in [2.05, 4.69) is 15.0 Å². The molecule has 1 fully saturated rings. The van der Waals surface area contributed by atoms with Gasteiger partial charge in [0.15, 0.2) is 5.65 Å². The van der Waals surface area contributed by atoms with Crippen LogP contribution < -0.4 is 10.6 Å². The van der Waals surface area contributed by atoms with Crippen molar-refractivity contribution in [3.63, 3.8) is 0 Å². The number of hydrogen-bond acceptors (Lipinski definition) is 4. The van der Waals surface area contributed by atoms with Gasteiger partial charge in [-0.2, -0.15) is 9.61 Å². The van der Waals surface area contributed by atoms with Gasteiger partial charge in [-0.1, -0.05) is 0 Å². The van der Waals surface area contributed by atoms with Crippen molar-refractivity contribution < 1.29 is 0 Å². The molecule has 0 aromatic carbocycles. The van der Waals surface area contributed by atoms with Crippen molar-refractivity contribution in [2.24, 2.45) is 0 Å². The highest BCUT2D eigenvalue weighted by molar-refractivity contribution is 5.56. The second-order valence-electron chi connectivity index (χ2n) is 3.83. The van der Waals surface area contributed by atoms with Crippen LogP contribution in [0, 0.1) is 0 Å². The molecule has 78 valence electrons. The predicted molar refractivity (Wildman–Crippen MR) is 58.8 cm³/mol. The maximum atomic E-state index is 5.90. The van der Waals surface area contributed by atoms with Crippen molar-refractivity contribution in [2.75, 3.05) is 23.7 Å². The lowest BCUT2D eigenvalue weighted by Gasteiger charge is -2.16. The number of aromatic nitrogens is 3. The highest BCUT2D eigenvalue weighted by Gasteiger charge is 2.15. The summed E-state index contributed by atoms with van der Waals surface area (Å²) in [5, 5.41) is 4.10. The lowest BCUT2D eigenvalue weighted by Crippen LogP contribution is -2.19. The first kappa shape index (κ1) is 8.52. The smallest absolute Gasteiger partial charge is 0.159 e. The number of fused-ring (bicyclic) bond motifs is 1. The van der Waals surface area contributed by atoms with Crippen molar-refractivity contribution in [1.29, 1.82) is 0 Å². The van der Waals surface area contributed by atoms with E-state index in [4.69, 9.17) is 5.73 Å². The van der Waals surface area contributed by atoms with Crippen LogP contribution in [0.15, 0.2) is 18.3 Å². The van der Waals surface area contributed by atoms with Gasteiger partial charge in [0.05, 0.1) is 6.20 Å². The lowest BCUT2D eigenvalue weighted by atomic mass is 10.4. The normalized spacial score (nSPS) is 16.4. The molecule has 0 radical (unpaired) electrons. The van der Waals surface area contributed by atoms with E-state index in [1.165, 1.54) is 12.8 Å². The molecular formula is C10H13N5. The zero-order chi connectivity index (χ0) is 10.3.